The van der Waals surface area contributed by atoms with Gasteiger partial charge >= 0.3 is 0 Å². The molecular formula is C18H15N. The number of pyridine rings is 1. The molecule has 2 aromatic carbocycles. The topological polar surface area (TPSA) is 12.9 Å². The lowest BCUT2D eigenvalue weighted by molar-refractivity contribution is 1.20. The molecule has 1 heteroatoms. The van der Waals surface area contributed by atoms with Gasteiger partial charge in [0.2, 0.25) is 0 Å². The van der Waals surface area contributed by atoms with Gasteiger partial charge in [0.05, 0.1) is 0 Å². The zero-order chi connectivity index (χ0) is 13.1. The van der Waals surface area contributed by atoms with Gasteiger partial charge in [-0.25, -0.2) is 0 Å². The molecule has 0 saturated carbocycles. The zero-order valence-electron chi connectivity index (χ0n) is 10.9. The smallest absolute Gasteiger partial charge is 0.0379 e. The van der Waals surface area contributed by atoms with Crippen molar-refractivity contribution in [1.82, 2.24) is 4.98 Å². The van der Waals surface area contributed by atoms with Crippen LogP contribution in [-0.4, -0.2) is 4.98 Å². The molecule has 0 fully saturated rings. The maximum atomic E-state index is 4.44. The predicted molar refractivity (Wildman–Crippen MR) is 79.8 cm³/mol. The molecule has 0 aliphatic heterocycles. The first kappa shape index (κ1) is 11.7. The molecule has 0 bridgehead atoms. The number of nitrogens with zero attached hydrogens (tertiary/aromatic N) is 1. The van der Waals surface area contributed by atoms with Crippen LogP contribution in [0.2, 0.25) is 0 Å². The summed E-state index contributed by atoms with van der Waals surface area (Å²) in [5, 5.41) is 0. The molecule has 0 saturated heterocycles. The van der Waals surface area contributed by atoms with E-state index in [1.807, 2.05) is 25.3 Å². The van der Waals surface area contributed by atoms with Crippen LogP contribution in [0.1, 0.15) is 5.69 Å². The van der Waals surface area contributed by atoms with E-state index in [1.165, 1.54) is 22.3 Å². The summed E-state index contributed by atoms with van der Waals surface area (Å²) in [6.07, 6.45) is 1.97. The molecule has 1 heterocycles. The minimum atomic E-state index is 1.04. The minimum Gasteiger partial charge on any atom is -0.261 e. The van der Waals surface area contributed by atoms with E-state index in [2.05, 4.69) is 59.6 Å². The van der Waals surface area contributed by atoms with Crippen molar-refractivity contribution in [2.24, 2.45) is 0 Å². The van der Waals surface area contributed by atoms with Crippen LogP contribution in [0.5, 0.6) is 0 Å². The Balaban J connectivity index is 2.21. The van der Waals surface area contributed by atoms with Gasteiger partial charge in [-0.3, -0.25) is 4.98 Å². The molecule has 0 spiro atoms. The average Bonchev–Trinajstić information content (AvgIpc) is 2.49. The SMILES string of the molecule is Cc1cc(-c2ccccc2)c(-c2ccccc2)cn1. The van der Waals surface area contributed by atoms with E-state index in [9.17, 15) is 0 Å². The lowest BCUT2D eigenvalue weighted by atomic mass is 9.96. The first-order valence-corrected chi connectivity index (χ1v) is 6.42. The van der Waals surface area contributed by atoms with Crippen molar-refractivity contribution in [2.75, 3.05) is 0 Å². The normalized spacial score (nSPS) is 10.4. The third-order valence-corrected chi connectivity index (χ3v) is 3.21. The lowest BCUT2D eigenvalue weighted by Crippen LogP contribution is -1.89. The van der Waals surface area contributed by atoms with Gasteiger partial charge in [-0.1, -0.05) is 60.7 Å². The highest BCUT2D eigenvalue weighted by molar-refractivity contribution is 5.82. The Hall–Kier alpha value is -2.41. The van der Waals surface area contributed by atoms with Crippen LogP contribution in [-0.2, 0) is 0 Å². The summed E-state index contributed by atoms with van der Waals surface area (Å²) in [4.78, 5) is 4.44. The standard InChI is InChI=1S/C18H15N/c1-14-12-17(15-8-4-2-5-9-15)18(13-19-14)16-10-6-3-7-11-16/h2-13H,1H3. The molecule has 1 aromatic heterocycles. The molecule has 0 amide bonds. The van der Waals surface area contributed by atoms with Gasteiger partial charge in [-0.15, -0.1) is 0 Å². The van der Waals surface area contributed by atoms with Crippen LogP contribution in [0, 0.1) is 6.92 Å². The first-order valence-electron chi connectivity index (χ1n) is 6.42. The second-order valence-corrected chi connectivity index (χ2v) is 4.60. The number of rotatable bonds is 2. The van der Waals surface area contributed by atoms with Gasteiger partial charge in [-0.2, -0.15) is 0 Å². The quantitative estimate of drug-likeness (QED) is 0.636. The molecule has 3 rings (SSSR count). The van der Waals surface area contributed by atoms with E-state index in [4.69, 9.17) is 0 Å². The second kappa shape index (κ2) is 5.07. The van der Waals surface area contributed by atoms with Crippen molar-refractivity contribution in [2.45, 2.75) is 6.92 Å². The van der Waals surface area contributed by atoms with Crippen LogP contribution in [0.4, 0.5) is 0 Å². The molecule has 0 radical (unpaired) electrons. The monoisotopic (exact) mass is 245 g/mol. The first-order chi connectivity index (χ1) is 9.34. The predicted octanol–water partition coefficient (Wildman–Crippen LogP) is 4.72. The molecule has 1 nitrogen and oxygen atoms in total. The summed E-state index contributed by atoms with van der Waals surface area (Å²) in [5.41, 5.74) is 5.89. The summed E-state index contributed by atoms with van der Waals surface area (Å²) in [6.45, 7) is 2.03. The van der Waals surface area contributed by atoms with Crippen molar-refractivity contribution >= 4 is 0 Å². The molecular weight excluding hydrogens is 230 g/mol. The number of hydrogen-bond acceptors (Lipinski definition) is 1. The summed E-state index contributed by atoms with van der Waals surface area (Å²) in [7, 11) is 0. The molecule has 0 N–H and O–H groups in total. The van der Waals surface area contributed by atoms with Crippen LogP contribution in [0.25, 0.3) is 22.3 Å². The largest absolute Gasteiger partial charge is 0.261 e. The van der Waals surface area contributed by atoms with Crippen molar-refractivity contribution in [1.29, 1.82) is 0 Å². The Labute approximate surface area is 113 Å². The highest BCUT2D eigenvalue weighted by Crippen LogP contribution is 2.31. The summed E-state index contributed by atoms with van der Waals surface area (Å²) >= 11 is 0. The third-order valence-electron chi connectivity index (χ3n) is 3.21. The minimum absolute atomic E-state index is 1.04. The van der Waals surface area contributed by atoms with E-state index in [-0.39, 0.29) is 0 Å². The fourth-order valence-corrected chi connectivity index (χ4v) is 2.26. The van der Waals surface area contributed by atoms with Gasteiger partial charge in [0.1, 0.15) is 0 Å². The Morgan fingerprint density at radius 2 is 1.21 bits per heavy atom. The molecule has 0 atom stereocenters. The highest BCUT2D eigenvalue weighted by atomic mass is 14.7. The Kier molecular flexibility index (Phi) is 3.11. The Morgan fingerprint density at radius 3 is 1.79 bits per heavy atom. The van der Waals surface area contributed by atoms with Gasteiger partial charge < -0.3 is 0 Å². The van der Waals surface area contributed by atoms with Crippen LogP contribution in [0.3, 0.4) is 0 Å². The number of benzene rings is 2. The van der Waals surface area contributed by atoms with E-state index < -0.39 is 0 Å². The lowest BCUT2D eigenvalue weighted by Gasteiger charge is -2.10. The Morgan fingerprint density at radius 1 is 0.684 bits per heavy atom. The molecule has 3 aromatic rings. The molecule has 0 unspecified atom stereocenters. The second-order valence-electron chi connectivity index (χ2n) is 4.60. The van der Waals surface area contributed by atoms with Crippen molar-refractivity contribution in [3.8, 4) is 22.3 Å². The van der Waals surface area contributed by atoms with Crippen molar-refractivity contribution in [3.63, 3.8) is 0 Å². The number of aromatic nitrogens is 1. The maximum absolute atomic E-state index is 4.44. The van der Waals surface area contributed by atoms with E-state index in [1.54, 1.807) is 0 Å². The highest BCUT2D eigenvalue weighted by Gasteiger charge is 2.07. The third kappa shape index (κ3) is 2.41. The van der Waals surface area contributed by atoms with Crippen molar-refractivity contribution < 1.29 is 0 Å². The van der Waals surface area contributed by atoms with Gasteiger partial charge in [-0.05, 0) is 29.7 Å². The van der Waals surface area contributed by atoms with Gasteiger partial charge in [0.15, 0.2) is 0 Å². The number of hydrogen-bond donors (Lipinski definition) is 0. The Bertz CT molecular complexity index is 673. The summed E-state index contributed by atoms with van der Waals surface area (Å²) in [5.74, 6) is 0. The maximum Gasteiger partial charge on any atom is 0.0379 e. The fourth-order valence-electron chi connectivity index (χ4n) is 2.26. The van der Waals surface area contributed by atoms with Crippen LogP contribution < -0.4 is 0 Å². The molecule has 92 valence electrons. The van der Waals surface area contributed by atoms with E-state index in [0.29, 0.717) is 0 Å². The van der Waals surface area contributed by atoms with Gasteiger partial charge in [0.25, 0.3) is 0 Å². The summed E-state index contributed by atoms with van der Waals surface area (Å²) in [6, 6.07) is 23.0. The van der Waals surface area contributed by atoms with Crippen LogP contribution >= 0.6 is 0 Å². The van der Waals surface area contributed by atoms with Gasteiger partial charge in [0, 0.05) is 17.5 Å². The summed E-state index contributed by atoms with van der Waals surface area (Å²) < 4.78 is 0. The molecule has 0 aliphatic rings. The zero-order valence-corrected chi connectivity index (χ0v) is 10.9. The average molecular weight is 245 g/mol. The van der Waals surface area contributed by atoms with Crippen LogP contribution in [0.15, 0.2) is 72.9 Å². The van der Waals surface area contributed by atoms with E-state index in [0.717, 1.165) is 5.69 Å². The molecule has 0 aliphatic carbocycles. The molecule has 19 heavy (non-hydrogen) atoms. The number of aryl methyl sites for hydroxylation is 1. The van der Waals surface area contributed by atoms with Crippen molar-refractivity contribution in [3.05, 3.63) is 78.6 Å². The fraction of sp³-hybridized carbons (Fsp3) is 0.0556. The van der Waals surface area contributed by atoms with E-state index >= 15 is 0 Å².